The van der Waals surface area contributed by atoms with Crippen LogP contribution in [0.2, 0.25) is 0 Å². The fourth-order valence-corrected chi connectivity index (χ4v) is 4.11. The summed E-state index contributed by atoms with van der Waals surface area (Å²) < 4.78 is 5.62. The highest BCUT2D eigenvalue weighted by Crippen LogP contribution is 2.32. The van der Waals surface area contributed by atoms with Crippen LogP contribution in [0, 0.1) is 19.8 Å². The van der Waals surface area contributed by atoms with Crippen molar-refractivity contribution in [3.05, 3.63) is 28.5 Å². The van der Waals surface area contributed by atoms with Crippen molar-refractivity contribution < 1.29 is 9.21 Å². The highest BCUT2D eigenvalue weighted by molar-refractivity contribution is 7.17. The zero-order valence-corrected chi connectivity index (χ0v) is 17.1. The molecule has 5 nitrogen and oxygen atoms in total. The predicted molar refractivity (Wildman–Crippen MR) is 106 cm³/mol. The van der Waals surface area contributed by atoms with Crippen molar-refractivity contribution in [2.45, 2.75) is 39.7 Å². The maximum Gasteiger partial charge on any atom is 0.266 e. The molecule has 2 aromatic rings. The third kappa shape index (κ3) is 4.56. The summed E-state index contributed by atoms with van der Waals surface area (Å²) in [4.78, 5) is 20.1. The third-order valence-electron chi connectivity index (χ3n) is 4.45. The highest BCUT2D eigenvalue weighted by atomic mass is 35.5. The van der Waals surface area contributed by atoms with Gasteiger partial charge in [0.05, 0.1) is 5.69 Å². The lowest BCUT2D eigenvalue weighted by Crippen LogP contribution is -2.49. The topological polar surface area (TPSA) is 72.4 Å². The standard InChI is InChI=1S/C17H23N3O2S.2ClH/c1-10-6-7-20(13(8-10)9-18)17(21)15-12(3)19-16(23-15)14-5-4-11(2)22-14;;/h4-5,10,13H,6-9,18H2,1-3H3;2*1H. The van der Waals surface area contributed by atoms with Crippen LogP contribution >= 0.6 is 36.2 Å². The molecule has 25 heavy (non-hydrogen) atoms. The molecule has 1 fully saturated rings. The van der Waals surface area contributed by atoms with E-state index >= 15 is 0 Å². The second-order valence-electron chi connectivity index (χ2n) is 6.36. The number of rotatable bonds is 3. The Hall–Kier alpha value is -1.08. The van der Waals surface area contributed by atoms with E-state index < -0.39 is 0 Å². The van der Waals surface area contributed by atoms with Gasteiger partial charge in [-0.05, 0) is 44.7 Å². The van der Waals surface area contributed by atoms with Crippen LogP contribution in [0.5, 0.6) is 0 Å². The summed E-state index contributed by atoms with van der Waals surface area (Å²) in [7, 11) is 0. The Kier molecular flexibility index (Phi) is 7.93. The van der Waals surface area contributed by atoms with Gasteiger partial charge >= 0.3 is 0 Å². The van der Waals surface area contributed by atoms with Crippen molar-refractivity contribution >= 4 is 42.1 Å². The Balaban J connectivity index is 0.00000156. The summed E-state index contributed by atoms with van der Waals surface area (Å²) in [5.41, 5.74) is 6.65. The molecule has 1 saturated heterocycles. The number of amides is 1. The van der Waals surface area contributed by atoms with Gasteiger partial charge in [0, 0.05) is 19.1 Å². The molecule has 140 valence electrons. The van der Waals surface area contributed by atoms with Gasteiger partial charge in [-0.15, -0.1) is 36.2 Å². The van der Waals surface area contributed by atoms with Crippen molar-refractivity contribution in [1.29, 1.82) is 0 Å². The first kappa shape index (κ1) is 22.0. The minimum atomic E-state index is 0. The van der Waals surface area contributed by atoms with Crippen LogP contribution in [-0.4, -0.2) is 34.9 Å². The Morgan fingerprint density at radius 1 is 1.40 bits per heavy atom. The Morgan fingerprint density at radius 2 is 2.12 bits per heavy atom. The number of carbonyl (C=O) groups is 1. The summed E-state index contributed by atoms with van der Waals surface area (Å²) in [6.45, 7) is 7.29. The molecule has 0 saturated carbocycles. The van der Waals surface area contributed by atoms with Crippen molar-refractivity contribution in [2.24, 2.45) is 11.7 Å². The highest BCUT2D eigenvalue weighted by Gasteiger charge is 2.31. The Bertz CT molecular complexity index is 717. The van der Waals surface area contributed by atoms with Gasteiger partial charge < -0.3 is 15.1 Å². The molecular weight excluding hydrogens is 381 g/mol. The number of nitrogens with two attached hydrogens (primary N) is 1. The number of hydrogen-bond donors (Lipinski definition) is 1. The van der Waals surface area contributed by atoms with E-state index in [4.69, 9.17) is 10.2 Å². The van der Waals surface area contributed by atoms with Crippen LogP contribution in [0.1, 0.15) is 40.9 Å². The van der Waals surface area contributed by atoms with Crippen molar-refractivity contribution in [1.82, 2.24) is 9.88 Å². The molecule has 1 aliphatic heterocycles. The van der Waals surface area contributed by atoms with E-state index in [1.165, 1.54) is 11.3 Å². The van der Waals surface area contributed by atoms with Gasteiger partial charge in [-0.1, -0.05) is 6.92 Å². The van der Waals surface area contributed by atoms with E-state index in [-0.39, 0.29) is 36.8 Å². The number of likely N-dealkylation sites (tertiary alicyclic amines) is 1. The molecule has 2 unspecified atom stereocenters. The van der Waals surface area contributed by atoms with Gasteiger partial charge in [0.1, 0.15) is 10.6 Å². The largest absolute Gasteiger partial charge is 0.459 e. The quantitative estimate of drug-likeness (QED) is 0.834. The third-order valence-corrected chi connectivity index (χ3v) is 5.61. The molecule has 3 heterocycles. The second-order valence-corrected chi connectivity index (χ2v) is 7.36. The predicted octanol–water partition coefficient (Wildman–Crippen LogP) is 4.06. The summed E-state index contributed by atoms with van der Waals surface area (Å²) in [5.74, 6) is 2.24. The Morgan fingerprint density at radius 3 is 2.72 bits per heavy atom. The number of piperidine rings is 1. The van der Waals surface area contributed by atoms with Crippen LogP contribution < -0.4 is 5.73 Å². The molecule has 2 aromatic heterocycles. The van der Waals surface area contributed by atoms with Gasteiger partial charge in [-0.3, -0.25) is 4.79 Å². The minimum Gasteiger partial charge on any atom is -0.459 e. The van der Waals surface area contributed by atoms with E-state index in [2.05, 4.69) is 11.9 Å². The summed E-state index contributed by atoms with van der Waals surface area (Å²) >= 11 is 1.40. The van der Waals surface area contributed by atoms with E-state index in [0.717, 1.165) is 41.6 Å². The monoisotopic (exact) mass is 405 g/mol. The fraction of sp³-hybridized carbons (Fsp3) is 0.529. The van der Waals surface area contributed by atoms with Crippen LogP contribution in [0.3, 0.4) is 0 Å². The van der Waals surface area contributed by atoms with Gasteiger partial charge in [0.15, 0.2) is 10.8 Å². The minimum absolute atomic E-state index is 0. The average molecular weight is 406 g/mol. The lowest BCUT2D eigenvalue weighted by molar-refractivity contribution is 0.0577. The number of furan rings is 1. The molecule has 2 N–H and O–H groups in total. The van der Waals surface area contributed by atoms with Crippen molar-refractivity contribution in [3.8, 4) is 10.8 Å². The zero-order valence-electron chi connectivity index (χ0n) is 14.7. The van der Waals surface area contributed by atoms with Crippen molar-refractivity contribution in [3.63, 3.8) is 0 Å². The van der Waals surface area contributed by atoms with Crippen LogP contribution in [0.4, 0.5) is 0 Å². The zero-order chi connectivity index (χ0) is 16.6. The first-order valence-corrected chi connectivity index (χ1v) is 8.86. The van der Waals surface area contributed by atoms with Crippen LogP contribution in [0.15, 0.2) is 16.5 Å². The van der Waals surface area contributed by atoms with E-state index in [1.54, 1.807) is 0 Å². The van der Waals surface area contributed by atoms with Gasteiger partial charge in [0.2, 0.25) is 0 Å². The maximum absolute atomic E-state index is 13.0. The normalized spacial score (nSPS) is 19.9. The molecule has 2 atom stereocenters. The molecule has 0 bridgehead atoms. The fourth-order valence-electron chi connectivity index (χ4n) is 3.12. The van der Waals surface area contributed by atoms with Crippen molar-refractivity contribution in [2.75, 3.05) is 13.1 Å². The lowest BCUT2D eigenvalue weighted by atomic mass is 9.92. The molecule has 1 amide bonds. The maximum atomic E-state index is 13.0. The van der Waals surface area contributed by atoms with Crippen LogP contribution in [-0.2, 0) is 0 Å². The number of carbonyl (C=O) groups excluding carboxylic acids is 1. The van der Waals surface area contributed by atoms with Gasteiger partial charge in [0.25, 0.3) is 5.91 Å². The molecule has 1 aliphatic rings. The molecule has 0 spiro atoms. The smallest absolute Gasteiger partial charge is 0.266 e. The molecule has 8 heteroatoms. The molecule has 3 rings (SSSR count). The van der Waals surface area contributed by atoms with Gasteiger partial charge in [-0.2, -0.15) is 0 Å². The number of aryl methyl sites for hydroxylation is 2. The average Bonchev–Trinajstić information content (AvgIpc) is 3.12. The lowest BCUT2D eigenvalue weighted by Gasteiger charge is -2.37. The summed E-state index contributed by atoms with van der Waals surface area (Å²) in [6, 6.07) is 3.93. The van der Waals surface area contributed by atoms with Gasteiger partial charge in [-0.25, -0.2) is 4.98 Å². The number of thiazole rings is 1. The van der Waals surface area contributed by atoms with E-state index in [1.807, 2.05) is 30.9 Å². The first-order valence-electron chi connectivity index (χ1n) is 8.05. The second kappa shape index (κ2) is 9.03. The number of nitrogens with zero attached hydrogens (tertiary/aromatic N) is 2. The first-order chi connectivity index (χ1) is 11.0. The summed E-state index contributed by atoms with van der Waals surface area (Å²) in [5, 5.41) is 0.758. The molecule has 0 radical (unpaired) electrons. The summed E-state index contributed by atoms with van der Waals surface area (Å²) in [6.07, 6.45) is 2.01. The molecule has 0 aromatic carbocycles. The SMILES string of the molecule is Cc1ccc(-c2nc(C)c(C(=O)N3CCC(C)CC3CN)s2)o1.Cl.Cl. The molecule has 0 aliphatic carbocycles. The van der Waals surface area contributed by atoms with Crippen LogP contribution in [0.25, 0.3) is 10.8 Å². The number of halogens is 2. The number of aromatic nitrogens is 1. The molecular formula is C17H25Cl2N3O2S. The number of hydrogen-bond acceptors (Lipinski definition) is 5. The van der Waals surface area contributed by atoms with E-state index in [0.29, 0.717) is 17.3 Å². The Labute approximate surface area is 164 Å². The van der Waals surface area contributed by atoms with E-state index in [9.17, 15) is 4.79 Å².